The fourth-order valence-electron chi connectivity index (χ4n) is 2.01. The zero-order valence-corrected chi connectivity index (χ0v) is 14.2. The van der Waals surface area contributed by atoms with E-state index in [0.717, 1.165) is 15.2 Å². The van der Waals surface area contributed by atoms with Crippen LogP contribution < -0.4 is 5.73 Å². The molecule has 1 aromatic heterocycles. The molecular formula is C14H23BrClNS. The molecule has 0 aromatic carbocycles. The van der Waals surface area contributed by atoms with Crippen molar-refractivity contribution in [1.29, 1.82) is 0 Å². The molecule has 0 radical (unpaired) electrons. The van der Waals surface area contributed by atoms with Crippen molar-refractivity contribution >= 4 is 38.9 Å². The highest BCUT2D eigenvalue weighted by Gasteiger charge is 2.11. The third kappa shape index (κ3) is 6.05. The first-order valence-electron chi connectivity index (χ1n) is 6.85. The summed E-state index contributed by atoms with van der Waals surface area (Å²) in [4.78, 5) is 1.19. The summed E-state index contributed by atoms with van der Waals surface area (Å²) in [6.45, 7) is 2.25. The Hall–Kier alpha value is 0.430. The molecule has 0 aliphatic carbocycles. The van der Waals surface area contributed by atoms with Crippen LogP contribution in [0, 0.1) is 0 Å². The van der Waals surface area contributed by atoms with E-state index in [2.05, 4.69) is 22.9 Å². The van der Waals surface area contributed by atoms with E-state index >= 15 is 0 Å². The Morgan fingerprint density at radius 1 is 1.22 bits per heavy atom. The highest BCUT2D eigenvalue weighted by atomic mass is 79.9. The summed E-state index contributed by atoms with van der Waals surface area (Å²) < 4.78 is 0.995. The topological polar surface area (TPSA) is 26.0 Å². The van der Waals surface area contributed by atoms with Crippen LogP contribution in [0.5, 0.6) is 0 Å². The van der Waals surface area contributed by atoms with Gasteiger partial charge in [0.25, 0.3) is 0 Å². The van der Waals surface area contributed by atoms with Crippen molar-refractivity contribution < 1.29 is 0 Å². The second kappa shape index (κ2) is 9.35. The van der Waals surface area contributed by atoms with Gasteiger partial charge in [-0.05, 0) is 28.4 Å². The van der Waals surface area contributed by atoms with Crippen molar-refractivity contribution in [3.8, 4) is 0 Å². The molecule has 1 rings (SSSR count). The van der Waals surface area contributed by atoms with Gasteiger partial charge in [0.2, 0.25) is 0 Å². The summed E-state index contributed by atoms with van der Waals surface area (Å²) in [5.74, 6) is 0. The molecule has 18 heavy (non-hydrogen) atoms. The minimum Gasteiger partial charge on any atom is -0.323 e. The van der Waals surface area contributed by atoms with Gasteiger partial charge >= 0.3 is 0 Å². The summed E-state index contributed by atoms with van der Waals surface area (Å²) in [6, 6.07) is 2.14. The van der Waals surface area contributed by atoms with Crippen molar-refractivity contribution in [2.45, 2.75) is 64.3 Å². The third-order valence-electron chi connectivity index (χ3n) is 3.15. The second-order valence-corrected chi connectivity index (χ2v) is 7.60. The monoisotopic (exact) mass is 351 g/mol. The van der Waals surface area contributed by atoms with Gasteiger partial charge in [0.1, 0.15) is 0 Å². The molecule has 1 atom stereocenters. The largest absolute Gasteiger partial charge is 0.323 e. The van der Waals surface area contributed by atoms with Gasteiger partial charge in [-0.25, -0.2) is 0 Å². The van der Waals surface area contributed by atoms with Gasteiger partial charge in [-0.3, -0.25) is 0 Å². The van der Waals surface area contributed by atoms with Crippen LogP contribution in [0.2, 0.25) is 5.02 Å². The number of halogens is 2. The first-order valence-corrected chi connectivity index (χ1v) is 8.84. The van der Waals surface area contributed by atoms with Crippen molar-refractivity contribution in [2.24, 2.45) is 5.73 Å². The van der Waals surface area contributed by atoms with Crippen LogP contribution in [-0.4, -0.2) is 0 Å². The predicted octanol–water partition coefficient (Wildman–Crippen LogP) is 6.30. The van der Waals surface area contributed by atoms with Gasteiger partial charge in [-0.2, -0.15) is 0 Å². The first kappa shape index (κ1) is 16.5. The lowest BCUT2D eigenvalue weighted by Gasteiger charge is -2.08. The molecule has 0 aliphatic heterocycles. The molecule has 2 N–H and O–H groups in total. The van der Waals surface area contributed by atoms with E-state index in [-0.39, 0.29) is 6.04 Å². The van der Waals surface area contributed by atoms with Crippen LogP contribution >= 0.6 is 38.9 Å². The Morgan fingerprint density at radius 2 is 1.83 bits per heavy atom. The molecule has 1 heterocycles. The molecule has 1 nitrogen and oxygen atoms in total. The van der Waals surface area contributed by atoms with Gasteiger partial charge in [-0.1, -0.05) is 63.5 Å². The van der Waals surface area contributed by atoms with Crippen LogP contribution in [0.15, 0.2) is 9.85 Å². The molecule has 0 amide bonds. The molecule has 1 unspecified atom stereocenters. The quantitative estimate of drug-likeness (QED) is 0.518. The molecule has 0 bridgehead atoms. The summed E-state index contributed by atoms with van der Waals surface area (Å²) >= 11 is 11.1. The van der Waals surface area contributed by atoms with Crippen LogP contribution in [0.25, 0.3) is 0 Å². The van der Waals surface area contributed by atoms with Gasteiger partial charge in [0.05, 0.1) is 8.81 Å². The van der Waals surface area contributed by atoms with Gasteiger partial charge in [0, 0.05) is 10.9 Å². The van der Waals surface area contributed by atoms with E-state index < -0.39 is 0 Å². The van der Waals surface area contributed by atoms with Crippen LogP contribution in [0.3, 0.4) is 0 Å². The van der Waals surface area contributed by atoms with Crippen molar-refractivity contribution in [3.63, 3.8) is 0 Å². The fourth-order valence-corrected chi connectivity index (χ4v) is 3.79. The highest BCUT2D eigenvalue weighted by molar-refractivity contribution is 9.11. The molecule has 104 valence electrons. The lowest BCUT2D eigenvalue weighted by atomic mass is 10.0. The van der Waals surface area contributed by atoms with E-state index in [1.54, 1.807) is 11.3 Å². The first-order chi connectivity index (χ1) is 8.65. The lowest BCUT2D eigenvalue weighted by molar-refractivity contribution is 0.544. The molecule has 0 spiro atoms. The molecule has 0 aliphatic rings. The third-order valence-corrected chi connectivity index (χ3v) is 5.75. The summed E-state index contributed by atoms with van der Waals surface area (Å²) in [7, 11) is 0. The Bertz CT molecular complexity index is 321. The average molecular weight is 353 g/mol. The number of hydrogen-bond acceptors (Lipinski definition) is 2. The van der Waals surface area contributed by atoms with Gasteiger partial charge < -0.3 is 5.73 Å². The molecule has 4 heteroatoms. The Kier molecular flexibility index (Phi) is 8.56. The predicted molar refractivity (Wildman–Crippen MR) is 86.6 cm³/mol. The van der Waals surface area contributed by atoms with E-state index in [1.165, 1.54) is 49.8 Å². The maximum Gasteiger partial charge on any atom is 0.0887 e. The van der Waals surface area contributed by atoms with Crippen LogP contribution in [0.1, 0.15) is 69.2 Å². The smallest absolute Gasteiger partial charge is 0.0887 e. The number of unbranched alkanes of at least 4 members (excludes halogenated alkanes) is 6. The Labute approximate surface area is 128 Å². The van der Waals surface area contributed by atoms with Crippen LogP contribution in [-0.2, 0) is 0 Å². The summed E-state index contributed by atoms with van der Waals surface area (Å²) in [6.07, 6.45) is 10.4. The fraction of sp³-hybridized carbons (Fsp3) is 0.714. The standard InChI is InChI=1S/C14H23BrClNS/c1-2-3-4-5-6-7-8-9-12(17)13-10-11(16)14(15)18-13/h10,12H,2-9,17H2,1H3. The highest BCUT2D eigenvalue weighted by Crippen LogP contribution is 2.35. The average Bonchev–Trinajstić information content (AvgIpc) is 2.68. The second-order valence-electron chi connectivity index (χ2n) is 4.79. The molecular weight excluding hydrogens is 330 g/mol. The molecule has 0 fully saturated rings. The maximum atomic E-state index is 6.17. The number of nitrogens with two attached hydrogens (primary N) is 1. The molecule has 0 saturated carbocycles. The van der Waals surface area contributed by atoms with E-state index in [4.69, 9.17) is 17.3 Å². The minimum absolute atomic E-state index is 0.148. The lowest BCUT2D eigenvalue weighted by Crippen LogP contribution is -2.08. The number of rotatable bonds is 9. The minimum atomic E-state index is 0.148. The summed E-state index contributed by atoms with van der Waals surface area (Å²) in [5.41, 5.74) is 6.17. The molecule has 0 saturated heterocycles. The van der Waals surface area contributed by atoms with Crippen molar-refractivity contribution in [3.05, 3.63) is 19.8 Å². The number of hydrogen-bond donors (Lipinski definition) is 1. The van der Waals surface area contributed by atoms with Gasteiger partial charge in [-0.15, -0.1) is 11.3 Å². The zero-order chi connectivity index (χ0) is 13.4. The van der Waals surface area contributed by atoms with E-state index in [9.17, 15) is 0 Å². The Balaban J connectivity index is 2.12. The van der Waals surface area contributed by atoms with E-state index in [0.29, 0.717) is 0 Å². The maximum absolute atomic E-state index is 6.17. The number of thiophene rings is 1. The van der Waals surface area contributed by atoms with Gasteiger partial charge in [0.15, 0.2) is 0 Å². The van der Waals surface area contributed by atoms with Crippen molar-refractivity contribution in [1.82, 2.24) is 0 Å². The molecule has 1 aromatic rings. The SMILES string of the molecule is CCCCCCCCCC(N)c1cc(Cl)c(Br)s1. The van der Waals surface area contributed by atoms with Crippen molar-refractivity contribution in [2.75, 3.05) is 0 Å². The zero-order valence-electron chi connectivity index (χ0n) is 11.1. The van der Waals surface area contributed by atoms with Crippen LogP contribution in [0.4, 0.5) is 0 Å². The Morgan fingerprint density at radius 3 is 2.39 bits per heavy atom. The summed E-state index contributed by atoms with van der Waals surface area (Å²) in [5, 5.41) is 0.782. The van der Waals surface area contributed by atoms with E-state index in [1.807, 2.05) is 6.07 Å². The normalized spacial score (nSPS) is 12.9.